The summed E-state index contributed by atoms with van der Waals surface area (Å²) < 4.78 is 3.03. The molecule has 0 saturated heterocycles. The molecule has 1 aromatic carbocycles. The number of hydrogen-bond donors (Lipinski definition) is 1. The van der Waals surface area contributed by atoms with Gasteiger partial charge in [0.2, 0.25) is 0 Å². The minimum absolute atomic E-state index is 0.673. The second-order valence-corrected chi connectivity index (χ2v) is 6.09. The minimum Gasteiger partial charge on any atom is -0.330 e. The first-order valence-corrected chi connectivity index (χ1v) is 7.38. The molecule has 0 aliphatic carbocycles. The summed E-state index contributed by atoms with van der Waals surface area (Å²) in [4.78, 5) is 1.20. The van der Waals surface area contributed by atoms with Crippen LogP contribution in [0.2, 0.25) is 0 Å². The van der Waals surface area contributed by atoms with Crippen molar-refractivity contribution in [3.05, 3.63) is 40.0 Å². The van der Waals surface area contributed by atoms with Crippen molar-refractivity contribution in [2.45, 2.75) is 23.3 Å². The quantitative estimate of drug-likeness (QED) is 0.939. The van der Waals surface area contributed by atoms with Crippen molar-refractivity contribution in [2.75, 3.05) is 6.54 Å². The SMILES string of the molecule is Cc1cc(Sc2ccc(CCN)c(Br)c2)n(C)n1. The van der Waals surface area contributed by atoms with Crippen LogP contribution in [0, 0.1) is 6.92 Å². The Hall–Kier alpha value is -0.780. The number of rotatable bonds is 4. The molecule has 1 aromatic heterocycles. The molecular formula is C13H16BrN3S. The van der Waals surface area contributed by atoms with Gasteiger partial charge in [-0.05, 0) is 43.7 Å². The van der Waals surface area contributed by atoms with Crippen molar-refractivity contribution >= 4 is 27.7 Å². The Labute approximate surface area is 120 Å². The predicted octanol–water partition coefficient (Wildman–Crippen LogP) is 3.14. The molecule has 0 aliphatic heterocycles. The van der Waals surface area contributed by atoms with Crippen LogP contribution >= 0.6 is 27.7 Å². The first-order valence-electron chi connectivity index (χ1n) is 5.77. The molecule has 5 heteroatoms. The number of nitrogens with two attached hydrogens (primary N) is 1. The Morgan fingerprint density at radius 1 is 1.39 bits per heavy atom. The molecule has 1 heterocycles. The predicted molar refractivity (Wildman–Crippen MR) is 79.0 cm³/mol. The zero-order valence-corrected chi connectivity index (χ0v) is 12.9. The number of hydrogen-bond acceptors (Lipinski definition) is 3. The molecule has 3 nitrogen and oxygen atoms in total. The summed E-state index contributed by atoms with van der Waals surface area (Å²) in [6, 6.07) is 8.48. The van der Waals surface area contributed by atoms with E-state index in [-0.39, 0.29) is 0 Å². The van der Waals surface area contributed by atoms with Crippen LogP contribution in [-0.4, -0.2) is 16.3 Å². The average molecular weight is 326 g/mol. The molecule has 0 aliphatic rings. The first kappa shape index (κ1) is 13.6. The third-order valence-electron chi connectivity index (χ3n) is 2.62. The lowest BCUT2D eigenvalue weighted by atomic mass is 10.1. The second kappa shape index (κ2) is 5.91. The minimum atomic E-state index is 0.673. The number of benzene rings is 1. The van der Waals surface area contributed by atoms with Gasteiger partial charge in [-0.2, -0.15) is 5.10 Å². The van der Waals surface area contributed by atoms with Gasteiger partial charge in [0.05, 0.1) is 10.7 Å². The molecule has 96 valence electrons. The molecule has 0 atom stereocenters. The zero-order chi connectivity index (χ0) is 13.1. The molecule has 0 unspecified atom stereocenters. The van der Waals surface area contributed by atoms with Gasteiger partial charge in [-0.1, -0.05) is 33.8 Å². The van der Waals surface area contributed by atoms with Crippen LogP contribution in [0.15, 0.2) is 38.7 Å². The Morgan fingerprint density at radius 3 is 2.72 bits per heavy atom. The average Bonchev–Trinajstić information content (AvgIpc) is 2.61. The molecule has 2 rings (SSSR count). The van der Waals surface area contributed by atoms with Crippen LogP contribution < -0.4 is 5.73 Å². The lowest BCUT2D eigenvalue weighted by Crippen LogP contribution is -2.03. The van der Waals surface area contributed by atoms with Crippen LogP contribution in [0.3, 0.4) is 0 Å². The smallest absolute Gasteiger partial charge is 0.0986 e. The van der Waals surface area contributed by atoms with E-state index in [0.717, 1.165) is 21.6 Å². The van der Waals surface area contributed by atoms with Crippen LogP contribution in [0.1, 0.15) is 11.3 Å². The third kappa shape index (κ3) is 3.16. The Bertz CT molecular complexity index is 551. The fourth-order valence-electron chi connectivity index (χ4n) is 1.75. The van der Waals surface area contributed by atoms with Crippen LogP contribution in [-0.2, 0) is 13.5 Å². The van der Waals surface area contributed by atoms with E-state index in [9.17, 15) is 0 Å². The van der Waals surface area contributed by atoms with Crippen molar-refractivity contribution in [1.29, 1.82) is 0 Å². The number of aryl methyl sites for hydroxylation is 2. The highest BCUT2D eigenvalue weighted by Crippen LogP contribution is 2.31. The molecule has 2 aromatic rings. The summed E-state index contributed by atoms with van der Waals surface area (Å²) in [5, 5.41) is 5.49. The molecule has 0 bridgehead atoms. The standard InChI is InChI=1S/C13H16BrN3S/c1-9-7-13(17(2)16-9)18-11-4-3-10(5-6-15)12(14)8-11/h3-4,7-8H,5-6,15H2,1-2H3. The fourth-order valence-corrected chi connectivity index (χ4v) is 3.44. The maximum Gasteiger partial charge on any atom is 0.0986 e. The molecule has 0 saturated carbocycles. The van der Waals surface area contributed by atoms with E-state index in [2.05, 4.69) is 45.3 Å². The van der Waals surface area contributed by atoms with E-state index in [1.54, 1.807) is 11.8 Å². The number of halogens is 1. The van der Waals surface area contributed by atoms with Gasteiger partial charge < -0.3 is 5.73 Å². The van der Waals surface area contributed by atoms with E-state index in [0.29, 0.717) is 6.54 Å². The molecule has 18 heavy (non-hydrogen) atoms. The van der Waals surface area contributed by atoms with Gasteiger partial charge in [0.25, 0.3) is 0 Å². The highest BCUT2D eigenvalue weighted by atomic mass is 79.9. The normalized spacial score (nSPS) is 10.9. The summed E-state index contributed by atoms with van der Waals surface area (Å²) in [5.74, 6) is 0. The zero-order valence-electron chi connectivity index (χ0n) is 10.5. The van der Waals surface area contributed by atoms with Gasteiger partial charge in [-0.25, -0.2) is 0 Å². The van der Waals surface area contributed by atoms with E-state index in [1.807, 2.05) is 18.7 Å². The van der Waals surface area contributed by atoms with E-state index >= 15 is 0 Å². The monoisotopic (exact) mass is 325 g/mol. The van der Waals surface area contributed by atoms with Crippen molar-refractivity contribution < 1.29 is 0 Å². The Balaban J connectivity index is 2.20. The summed E-state index contributed by atoms with van der Waals surface area (Å²) in [6.45, 7) is 2.68. The van der Waals surface area contributed by atoms with Gasteiger partial charge >= 0.3 is 0 Å². The van der Waals surface area contributed by atoms with E-state index in [1.165, 1.54) is 10.5 Å². The molecule has 0 fully saturated rings. The maximum absolute atomic E-state index is 5.58. The van der Waals surface area contributed by atoms with Crippen LogP contribution in [0.25, 0.3) is 0 Å². The van der Waals surface area contributed by atoms with Crippen LogP contribution in [0.5, 0.6) is 0 Å². The molecular weight excluding hydrogens is 310 g/mol. The largest absolute Gasteiger partial charge is 0.330 e. The number of aromatic nitrogens is 2. The highest BCUT2D eigenvalue weighted by Gasteiger charge is 2.06. The van der Waals surface area contributed by atoms with Gasteiger partial charge in [0, 0.05) is 16.4 Å². The van der Waals surface area contributed by atoms with Gasteiger partial charge in [-0.3, -0.25) is 4.68 Å². The highest BCUT2D eigenvalue weighted by molar-refractivity contribution is 9.10. The molecule has 0 amide bonds. The topological polar surface area (TPSA) is 43.8 Å². The van der Waals surface area contributed by atoms with Crippen molar-refractivity contribution in [3.8, 4) is 0 Å². The van der Waals surface area contributed by atoms with Crippen molar-refractivity contribution in [3.63, 3.8) is 0 Å². The summed E-state index contributed by atoms with van der Waals surface area (Å²) in [6.07, 6.45) is 0.899. The maximum atomic E-state index is 5.58. The van der Waals surface area contributed by atoms with E-state index in [4.69, 9.17) is 5.73 Å². The number of nitrogens with zero attached hydrogens (tertiary/aromatic N) is 2. The summed E-state index contributed by atoms with van der Waals surface area (Å²) in [7, 11) is 1.97. The van der Waals surface area contributed by atoms with Crippen LogP contribution in [0.4, 0.5) is 0 Å². The first-order chi connectivity index (χ1) is 8.60. The Kier molecular flexibility index (Phi) is 4.48. The van der Waals surface area contributed by atoms with Crippen molar-refractivity contribution in [2.24, 2.45) is 12.8 Å². The molecule has 2 N–H and O–H groups in total. The van der Waals surface area contributed by atoms with E-state index < -0.39 is 0 Å². The van der Waals surface area contributed by atoms with Gasteiger partial charge in [0.15, 0.2) is 0 Å². The van der Waals surface area contributed by atoms with Gasteiger partial charge in [0.1, 0.15) is 0 Å². The third-order valence-corrected chi connectivity index (χ3v) is 4.44. The fraction of sp³-hybridized carbons (Fsp3) is 0.308. The molecule has 0 radical (unpaired) electrons. The summed E-state index contributed by atoms with van der Waals surface area (Å²) in [5.41, 5.74) is 7.87. The Morgan fingerprint density at radius 2 is 2.17 bits per heavy atom. The van der Waals surface area contributed by atoms with Crippen molar-refractivity contribution in [1.82, 2.24) is 9.78 Å². The molecule has 0 spiro atoms. The lowest BCUT2D eigenvalue weighted by Gasteiger charge is -2.06. The second-order valence-electron chi connectivity index (χ2n) is 4.14. The lowest BCUT2D eigenvalue weighted by molar-refractivity contribution is 0.692. The van der Waals surface area contributed by atoms with Gasteiger partial charge in [-0.15, -0.1) is 0 Å². The summed E-state index contributed by atoms with van der Waals surface area (Å²) >= 11 is 5.31.